The van der Waals surface area contributed by atoms with Gasteiger partial charge in [0.05, 0.1) is 34.5 Å². The molecule has 1 aromatic heterocycles. The van der Waals surface area contributed by atoms with Crippen molar-refractivity contribution in [3.63, 3.8) is 0 Å². The third kappa shape index (κ3) is 3.82. The van der Waals surface area contributed by atoms with Crippen molar-refractivity contribution in [3.05, 3.63) is 77.7 Å². The van der Waals surface area contributed by atoms with Gasteiger partial charge in [-0.3, -0.25) is 4.98 Å². The minimum absolute atomic E-state index is 0.0226. The number of hydrogen-bond donors (Lipinski definition) is 0. The van der Waals surface area contributed by atoms with E-state index in [0.717, 1.165) is 0 Å². The van der Waals surface area contributed by atoms with Gasteiger partial charge in [0.15, 0.2) is 0 Å². The van der Waals surface area contributed by atoms with Gasteiger partial charge in [-0.05, 0) is 54.1 Å². The van der Waals surface area contributed by atoms with Gasteiger partial charge in [-0.25, -0.2) is 12.8 Å². The highest BCUT2D eigenvalue weighted by Crippen LogP contribution is 2.38. The summed E-state index contributed by atoms with van der Waals surface area (Å²) in [6.07, 6.45) is 1.28. The molecular weight excluding hydrogens is 441 g/mol. The standard InChI is InChI=1S/C23H17ClFNO4S/c1-29-16-6-3-14(4-7-16)23-18-11-15(25)5-9-20(18)26-13-22(23)31(27,28)17-8-10-21(30-2)19(24)12-17/h3-13H,1-2H3. The molecule has 0 unspecified atom stereocenters. The van der Waals surface area contributed by atoms with Crippen LogP contribution in [-0.2, 0) is 9.84 Å². The first-order valence-electron chi connectivity index (χ1n) is 9.16. The molecule has 0 aliphatic carbocycles. The highest BCUT2D eigenvalue weighted by Gasteiger charge is 2.26. The summed E-state index contributed by atoms with van der Waals surface area (Å²) in [6, 6.07) is 15.2. The van der Waals surface area contributed by atoms with Gasteiger partial charge in [-0.1, -0.05) is 23.7 Å². The van der Waals surface area contributed by atoms with Crippen molar-refractivity contribution in [2.45, 2.75) is 9.79 Å². The maximum atomic E-state index is 14.1. The molecule has 0 fully saturated rings. The van der Waals surface area contributed by atoms with Gasteiger partial charge >= 0.3 is 0 Å². The summed E-state index contributed by atoms with van der Waals surface area (Å²) < 4.78 is 51.6. The number of benzene rings is 3. The van der Waals surface area contributed by atoms with E-state index in [9.17, 15) is 12.8 Å². The van der Waals surface area contributed by atoms with Crippen LogP contribution < -0.4 is 9.47 Å². The zero-order chi connectivity index (χ0) is 22.2. The van der Waals surface area contributed by atoms with E-state index in [1.165, 1.54) is 56.8 Å². The lowest BCUT2D eigenvalue weighted by Crippen LogP contribution is -2.06. The Morgan fingerprint density at radius 1 is 0.935 bits per heavy atom. The van der Waals surface area contributed by atoms with Gasteiger partial charge in [0.2, 0.25) is 9.84 Å². The molecule has 0 radical (unpaired) electrons. The molecule has 0 aliphatic rings. The molecule has 4 rings (SSSR count). The van der Waals surface area contributed by atoms with E-state index in [-0.39, 0.29) is 14.8 Å². The van der Waals surface area contributed by atoms with Crippen LogP contribution in [0.4, 0.5) is 4.39 Å². The van der Waals surface area contributed by atoms with E-state index < -0.39 is 15.7 Å². The van der Waals surface area contributed by atoms with Crippen LogP contribution in [0.25, 0.3) is 22.0 Å². The topological polar surface area (TPSA) is 65.5 Å². The third-order valence-electron chi connectivity index (χ3n) is 4.90. The fourth-order valence-corrected chi connectivity index (χ4v) is 5.13. The van der Waals surface area contributed by atoms with Gasteiger partial charge < -0.3 is 9.47 Å². The molecule has 4 aromatic rings. The summed E-state index contributed by atoms with van der Waals surface area (Å²) >= 11 is 6.16. The molecule has 31 heavy (non-hydrogen) atoms. The Hall–Kier alpha value is -3.16. The lowest BCUT2D eigenvalue weighted by Gasteiger charge is -2.15. The zero-order valence-corrected chi connectivity index (χ0v) is 18.2. The smallest absolute Gasteiger partial charge is 0.208 e. The highest BCUT2D eigenvalue weighted by atomic mass is 35.5. The second kappa shape index (κ2) is 8.17. The SMILES string of the molecule is COc1ccc(-c2c(S(=O)(=O)c3ccc(OC)c(Cl)c3)cnc3ccc(F)cc23)cc1. The van der Waals surface area contributed by atoms with Crippen LogP contribution in [0, 0.1) is 5.82 Å². The minimum atomic E-state index is -4.04. The molecule has 5 nitrogen and oxygen atoms in total. The Kier molecular flexibility index (Phi) is 5.56. The van der Waals surface area contributed by atoms with Crippen LogP contribution >= 0.6 is 11.6 Å². The van der Waals surface area contributed by atoms with Crippen molar-refractivity contribution in [2.24, 2.45) is 0 Å². The van der Waals surface area contributed by atoms with Crippen molar-refractivity contribution < 1.29 is 22.3 Å². The van der Waals surface area contributed by atoms with Gasteiger partial charge in [0.25, 0.3) is 0 Å². The first kappa shape index (κ1) is 21.1. The molecule has 1 heterocycles. The van der Waals surface area contributed by atoms with Crippen LogP contribution in [0.3, 0.4) is 0 Å². The predicted molar refractivity (Wildman–Crippen MR) is 117 cm³/mol. The lowest BCUT2D eigenvalue weighted by atomic mass is 10.0. The number of nitrogens with zero attached hydrogens (tertiary/aromatic N) is 1. The van der Waals surface area contributed by atoms with E-state index in [2.05, 4.69) is 4.98 Å². The summed E-state index contributed by atoms with van der Waals surface area (Å²) in [7, 11) is -1.06. The monoisotopic (exact) mass is 457 g/mol. The van der Waals surface area contributed by atoms with Crippen LogP contribution in [0.5, 0.6) is 11.5 Å². The number of sulfone groups is 1. The molecule has 0 atom stereocenters. The van der Waals surface area contributed by atoms with Crippen molar-refractivity contribution in [3.8, 4) is 22.6 Å². The van der Waals surface area contributed by atoms with E-state index >= 15 is 0 Å². The van der Waals surface area contributed by atoms with Crippen molar-refractivity contribution in [2.75, 3.05) is 14.2 Å². The summed E-state index contributed by atoms with van der Waals surface area (Å²) in [4.78, 5) is 4.18. The predicted octanol–water partition coefficient (Wildman–Crippen LogP) is 5.54. The molecule has 0 N–H and O–H groups in total. The minimum Gasteiger partial charge on any atom is -0.497 e. The van der Waals surface area contributed by atoms with E-state index in [1.807, 2.05) is 0 Å². The molecule has 0 saturated carbocycles. The Morgan fingerprint density at radius 3 is 2.32 bits per heavy atom. The van der Waals surface area contributed by atoms with Crippen molar-refractivity contribution in [1.82, 2.24) is 4.98 Å². The Labute approximate surface area is 183 Å². The second-order valence-electron chi connectivity index (χ2n) is 6.69. The Bertz CT molecular complexity index is 1390. The van der Waals surface area contributed by atoms with Crippen LogP contribution in [0.1, 0.15) is 0 Å². The number of rotatable bonds is 5. The van der Waals surface area contributed by atoms with E-state index in [4.69, 9.17) is 21.1 Å². The summed E-state index contributed by atoms with van der Waals surface area (Å²) in [5.74, 6) is 0.473. The Morgan fingerprint density at radius 2 is 1.68 bits per heavy atom. The van der Waals surface area contributed by atoms with Crippen LogP contribution in [0.15, 0.2) is 76.7 Å². The van der Waals surface area contributed by atoms with Crippen LogP contribution in [0.2, 0.25) is 5.02 Å². The largest absolute Gasteiger partial charge is 0.497 e. The molecule has 0 bridgehead atoms. The molecule has 158 valence electrons. The number of ether oxygens (including phenoxy) is 2. The fourth-order valence-electron chi connectivity index (χ4n) is 3.35. The number of fused-ring (bicyclic) bond motifs is 1. The molecule has 0 amide bonds. The average molecular weight is 458 g/mol. The van der Waals surface area contributed by atoms with Crippen LogP contribution in [-0.4, -0.2) is 27.6 Å². The van der Waals surface area contributed by atoms with Crippen molar-refractivity contribution in [1.29, 1.82) is 0 Å². The molecule has 3 aromatic carbocycles. The number of hydrogen-bond acceptors (Lipinski definition) is 5. The maximum absolute atomic E-state index is 14.1. The number of aromatic nitrogens is 1. The third-order valence-corrected chi connectivity index (χ3v) is 6.96. The van der Waals surface area contributed by atoms with Gasteiger partial charge in [-0.15, -0.1) is 0 Å². The summed E-state index contributed by atoms with van der Waals surface area (Å²) in [5, 5.41) is 0.542. The normalized spacial score (nSPS) is 11.5. The van der Waals surface area contributed by atoms with Gasteiger partial charge in [-0.2, -0.15) is 0 Å². The first-order valence-corrected chi connectivity index (χ1v) is 11.0. The maximum Gasteiger partial charge on any atom is 0.208 e. The van der Waals surface area contributed by atoms with Gasteiger partial charge in [0, 0.05) is 17.1 Å². The first-order chi connectivity index (χ1) is 14.8. The van der Waals surface area contributed by atoms with Crippen molar-refractivity contribution >= 4 is 32.3 Å². The second-order valence-corrected chi connectivity index (χ2v) is 9.01. The molecular formula is C23H17ClFNO4S. The number of halogens is 2. The molecule has 8 heteroatoms. The Balaban J connectivity index is 2.02. The number of pyridine rings is 1. The summed E-state index contributed by atoms with van der Waals surface area (Å²) in [5.41, 5.74) is 1.40. The quantitative estimate of drug-likeness (QED) is 0.393. The van der Waals surface area contributed by atoms with Gasteiger partial charge in [0.1, 0.15) is 17.3 Å². The molecule has 0 aliphatic heterocycles. The molecule has 0 spiro atoms. The lowest BCUT2D eigenvalue weighted by molar-refractivity contribution is 0.414. The molecule has 0 saturated heterocycles. The highest BCUT2D eigenvalue weighted by molar-refractivity contribution is 7.91. The van der Waals surface area contributed by atoms with E-state index in [0.29, 0.717) is 33.5 Å². The zero-order valence-electron chi connectivity index (χ0n) is 16.6. The van der Waals surface area contributed by atoms with E-state index in [1.54, 1.807) is 24.3 Å². The number of methoxy groups -OCH3 is 2. The fraction of sp³-hybridized carbons (Fsp3) is 0.0870. The average Bonchev–Trinajstić information content (AvgIpc) is 2.78. The summed E-state index contributed by atoms with van der Waals surface area (Å²) in [6.45, 7) is 0.